The second kappa shape index (κ2) is 7.39. The Bertz CT molecular complexity index is 335. The normalized spacial score (nSPS) is 12.8. The molecule has 1 aromatic rings. The summed E-state index contributed by atoms with van der Waals surface area (Å²) in [5.41, 5.74) is 2.43. The van der Waals surface area contributed by atoms with Gasteiger partial charge < -0.3 is 15.3 Å². The molecule has 0 fully saturated rings. The van der Waals surface area contributed by atoms with Gasteiger partial charge in [0.2, 0.25) is 0 Å². The van der Waals surface area contributed by atoms with Crippen LogP contribution in [-0.4, -0.2) is 36.9 Å². The van der Waals surface area contributed by atoms with Crippen molar-refractivity contribution in [3.8, 4) is 0 Å². The second-order valence-electron chi connectivity index (χ2n) is 5.09. The van der Waals surface area contributed by atoms with Gasteiger partial charge >= 0.3 is 0 Å². The van der Waals surface area contributed by atoms with Crippen LogP contribution in [0.15, 0.2) is 24.3 Å². The molecule has 18 heavy (non-hydrogen) atoms. The smallest absolute Gasteiger partial charge is 0.0839 e. The molecule has 0 aromatic heterocycles. The van der Waals surface area contributed by atoms with E-state index in [9.17, 15) is 5.11 Å². The van der Waals surface area contributed by atoms with Crippen molar-refractivity contribution in [3.05, 3.63) is 29.8 Å². The monoisotopic (exact) mass is 250 g/mol. The summed E-state index contributed by atoms with van der Waals surface area (Å²) in [6.07, 6.45) is -0.339. The highest BCUT2D eigenvalue weighted by atomic mass is 16.3. The SMILES string of the molecule is CCN(CC(O)CNC(C)C)c1ccc(C)cc1. The second-order valence-corrected chi connectivity index (χ2v) is 5.09. The zero-order chi connectivity index (χ0) is 13.5. The zero-order valence-electron chi connectivity index (χ0n) is 12.0. The lowest BCUT2D eigenvalue weighted by Crippen LogP contribution is -2.40. The number of rotatable bonds is 7. The molecule has 0 saturated carbocycles. The van der Waals surface area contributed by atoms with Gasteiger partial charge in [0, 0.05) is 31.4 Å². The minimum Gasteiger partial charge on any atom is -0.390 e. The molecule has 1 rings (SSSR count). The number of aliphatic hydroxyl groups excluding tert-OH is 1. The highest BCUT2D eigenvalue weighted by Gasteiger charge is 2.11. The minimum atomic E-state index is -0.339. The molecule has 1 aromatic carbocycles. The summed E-state index contributed by atoms with van der Waals surface area (Å²) in [6, 6.07) is 8.85. The van der Waals surface area contributed by atoms with E-state index in [0.29, 0.717) is 19.1 Å². The molecule has 0 bridgehead atoms. The zero-order valence-corrected chi connectivity index (χ0v) is 12.0. The Morgan fingerprint density at radius 1 is 1.22 bits per heavy atom. The van der Waals surface area contributed by atoms with Crippen LogP contribution in [-0.2, 0) is 0 Å². The van der Waals surface area contributed by atoms with E-state index in [1.54, 1.807) is 0 Å². The Kier molecular flexibility index (Phi) is 6.16. The number of anilines is 1. The fraction of sp³-hybridized carbons (Fsp3) is 0.600. The van der Waals surface area contributed by atoms with Gasteiger partial charge in [-0.15, -0.1) is 0 Å². The number of aryl methyl sites for hydroxylation is 1. The van der Waals surface area contributed by atoms with Crippen LogP contribution >= 0.6 is 0 Å². The fourth-order valence-electron chi connectivity index (χ4n) is 1.86. The summed E-state index contributed by atoms with van der Waals surface area (Å²) in [4.78, 5) is 2.20. The number of hydrogen-bond acceptors (Lipinski definition) is 3. The van der Waals surface area contributed by atoms with Crippen LogP contribution in [0.3, 0.4) is 0 Å². The number of nitrogens with zero attached hydrogens (tertiary/aromatic N) is 1. The molecule has 2 N–H and O–H groups in total. The van der Waals surface area contributed by atoms with Gasteiger partial charge in [-0.3, -0.25) is 0 Å². The maximum atomic E-state index is 10.0. The fourth-order valence-corrected chi connectivity index (χ4v) is 1.86. The average molecular weight is 250 g/mol. The molecule has 1 unspecified atom stereocenters. The highest BCUT2D eigenvalue weighted by Crippen LogP contribution is 2.15. The van der Waals surface area contributed by atoms with E-state index < -0.39 is 0 Å². The summed E-state index contributed by atoms with van der Waals surface area (Å²) >= 11 is 0. The van der Waals surface area contributed by atoms with Crippen molar-refractivity contribution in [1.82, 2.24) is 5.32 Å². The molecule has 0 aliphatic rings. The third kappa shape index (κ3) is 5.07. The van der Waals surface area contributed by atoms with Crippen molar-refractivity contribution in [3.63, 3.8) is 0 Å². The van der Waals surface area contributed by atoms with Gasteiger partial charge in [0.1, 0.15) is 0 Å². The van der Waals surface area contributed by atoms with Crippen LogP contribution in [0.1, 0.15) is 26.3 Å². The summed E-state index contributed by atoms with van der Waals surface area (Å²) in [5, 5.41) is 13.3. The third-order valence-corrected chi connectivity index (χ3v) is 2.97. The van der Waals surface area contributed by atoms with Gasteiger partial charge in [0.25, 0.3) is 0 Å². The van der Waals surface area contributed by atoms with Crippen molar-refractivity contribution < 1.29 is 5.11 Å². The molecule has 3 nitrogen and oxygen atoms in total. The van der Waals surface area contributed by atoms with E-state index in [1.807, 2.05) is 0 Å². The maximum absolute atomic E-state index is 10.0. The quantitative estimate of drug-likeness (QED) is 0.778. The Morgan fingerprint density at radius 2 is 1.83 bits per heavy atom. The lowest BCUT2D eigenvalue weighted by atomic mass is 10.2. The van der Waals surface area contributed by atoms with Gasteiger partial charge in [0.15, 0.2) is 0 Å². The van der Waals surface area contributed by atoms with Gasteiger partial charge in [0.05, 0.1) is 6.10 Å². The van der Waals surface area contributed by atoms with Gasteiger partial charge in [-0.25, -0.2) is 0 Å². The van der Waals surface area contributed by atoms with Crippen molar-refractivity contribution >= 4 is 5.69 Å². The summed E-state index contributed by atoms with van der Waals surface area (Å²) in [7, 11) is 0. The topological polar surface area (TPSA) is 35.5 Å². The maximum Gasteiger partial charge on any atom is 0.0839 e. The lowest BCUT2D eigenvalue weighted by Gasteiger charge is -2.26. The van der Waals surface area contributed by atoms with E-state index in [-0.39, 0.29) is 6.10 Å². The van der Waals surface area contributed by atoms with Crippen molar-refractivity contribution in [2.24, 2.45) is 0 Å². The van der Waals surface area contributed by atoms with Crippen LogP contribution in [0.4, 0.5) is 5.69 Å². The molecule has 0 aliphatic heterocycles. The average Bonchev–Trinajstić information content (AvgIpc) is 2.34. The van der Waals surface area contributed by atoms with E-state index >= 15 is 0 Å². The van der Waals surface area contributed by atoms with Crippen molar-refractivity contribution in [1.29, 1.82) is 0 Å². The molecular formula is C15H26N2O. The predicted octanol–water partition coefficient (Wildman–Crippen LogP) is 2.18. The molecule has 0 saturated heterocycles. The summed E-state index contributed by atoms with van der Waals surface area (Å²) < 4.78 is 0. The van der Waals surface area contributed by atoms with Crippen LogP contribution < -0.4 is 10.2 Å². The van der Waals surface area contributed by atoms with Crippen molar-refractivity contribution in [2.45, 2.75) is 39.8 Å². The van der Waals surface area contributed by atoms with Gasteiger partial charge in [-0.05, 0) is 26.0 Å². The van der Waals surface area contributed by atoms with Crippen LogP contribution in [0.2, 0.25) is 0 Å². The van der Waals surface area contributed by atoms with E-state index in [1.165, 1.54) is 11.3 Å². The Balaban J connectivity index is 2.53. The number of benzene rings is 1. The van der Waals surface area contributed by atoms with E-state index in [2.05, 4.69) is 62.2 Å². The summed E-state index contributed by atoms with van der Waals surface area (Å²) in [5.74, 6) is 0. The van der Waals surface area contributed by atoms with Crippen LogP contribution in [0.25, 0.3) is 0 Å². The predicted molar refractivity (Wildman–Crippen MR) is 78.2 cm³/mol. The number of likely N-dealkylation sites (N-methyl/N-ethyl adjacent to an activating group) is 1. The molecule has 0 heterocycles. The first-order valence-electron chi connectivity index (χ1n) is 6.76. The first-order chi connectivity index (χ1) is 8.52. The molecule has 102 valence electrons. The van der Waals surface area contributed by atoms with E-state index in [4.69, 9.17) is 0 Å². The molecule has 0 amide bonds. The molecule has 0 spiro atoms. The largest absolute Gasteiger partial charge is 0.390 e. The van der Waals surface area contributed by atoms with Gasteiger partial charge in [-0.1, -0.05) is 31.5 Å². The van der Waals surface area contributed by atoms with Crippen LogP contribution in [0.5, 0.6) is 0 Å². The Morgan fingerprint density at radius 3 is 2.33 bits per heavy atom. The molecule has 0 aliphatic carbocycles. The van der Waals surface area contributed by atoms with Gasteiger partial charge in [-0.2, -0.15) is 0 Å². The van der Waals surface area contributed by atoms with E-state index in [0.717, 1.165) is 6.54 Å². The minimum absolute atomic E-state index is 0.339. The third-order valence-electron chi connectivity index (χ3n) is 2.97. The van der Waals surface area contributed by atoms with Crippen molar-refractivity contribution in [2.75, 3.05) is 24.5 Å². The first-order valence-corrected chi connectivity index (χ1v) is 6.76. The molecule has 3 heteroatoms. The molecule has 1 atom stereocenters. The standard InChI is InChI=1S/C15H26N2O/c1-5-17(11-15(18)10-16-12(2)3)14-8-6-13(4)7-9-14/h6-9,12,15-16,18H,5,10-11H2,1-4H3. The molecule has 0 radical (unpaired) electrons. The van der Waals surface area contributed by atoms with Crippen LogP contribution in [0, 0.1) is 6.92 Å². The highest BCUT2D eigenvalue weighted by molar-refractivity contribution is 5.47. The Labute approximate surface area is 111 Å². The number of aliphatic hydroxyl groups is 1. The lowest BCUT2D eigenvalue weighted by molar-refractivity contribution is 0.174. The first kappa shape index (κ1) is 15.0. The Hall–Kier alpha value is -1.06. The molecular weight excluding hydrogens is 224 g/mol. The number of nitrogens with one attached hydrogen (secondary N) is 1. The summed E-state index contributed by atoms with van der Waals surface area (Å²) in [6.45, 7) is 10.6. The number of hydrogen-bond donors (Lipinski definition) is 2.